The third kappa shape index (κ3) is 2.81. The molecular weight excluding hydrogens is 404 g/mol. The van der Waals surface area contributed by atoms with E-state index in [1.807, 2.05) is 0 Å². The van der Waals surface area contributed by atoms with Crippen LogP contribution in [0.4, 0.5) is 0 Å². The molecular formula is C27H23Br. The van der Waals surface area contributed by atoms with Crippen LogP contribution < -0.4 is 0 Å². The highest BCUT2D eigenvalue weighted by Crippen LogP contribution is 2.49. The molecule has 3 aromatic carbocycles. The zero-order valence-electron chi connectivity index (χ0n) is 16.2. The molecule has 0 fully saturated rings. The lowest BCUT2D eigenvalue weighted by atomic mass is 9.82. The average molecular weight is 427 g/mol. The smallest absolute Gasteiger partial charge is 0.0250 e. The second-order valence-corrected chi connectivity index (χ2v) is 8.89. The molecule has 138 valence electrons. The van der Waals surface area contributed by atoms with Crippen LogP contribution in [0.25, 0.3) is 23.3 Å². The molecule has 2 aliphatic carbocycles. The van der Waals surface area contributed by atoms with Gasteiger partial charge in [0, 0.05) is 16.3 Å². The summed E-state index contributed by atoms with van der Waals surface area (Å²) in [7, 11) is 0. The van der Waals surface area contributed by atoms with Gasteiger partial charge in [0.15, 0.2) is 0 Å². The van der Waals surface area contributed by atoms with Crippen molar-refractivity contribution in [3.63, 3.8) is 0 Å². The third-order valence-electron chi connectivity index (χ3n) is 6.38. The summed E-state index contributed by atoms with van der Waals surface area (Å²) in [4.78, 5) is 0. The van der Waals surface area contributed by atoms with Gasteiger partial charge < -0.3 is 0 Å². The van der Waals surface area contributed by atoms with Gasteiger partial charge in [0.05, 0.1) is 0 Å². The Hall–Kier alpha value is -2.38. The number of benzene rings is 3. The molecule has 2 aliphatic rings. The van der Waals surface area contributed by atoms with E-state index in [0.717, 1.165) is 6.42 Å². The molecule has 0 radical (unpaired) electrons. The Labute approximate surface area is 175 Å². The van der Waals surface area contributed by atoms with E-state index < -0.39 is 0 Å². The molecule has 0 bridgehead atoms. The molecule has 2 unspecified atom stereocenters. The lowest BCUT2D eigenvalue weighted by Gasteiger charge is -2.22. The van der Waals surface area contributed by atoms with Crippen molar-refractivity contribution in [2.24, 2.45) is 0 Å². The van der Waals surface area contributed by atoms with Gasteiger partial charge in [0.2, 0.25) is 0 Å². The lowest BCUT2D eigenvalue weighted by molar-refractivity contribution is 0.642. The molecule has 28 heavy (non-hydrogen) atoms. The van der Waals surface area contributed by atoms with E-state index in [1.54, 1.807) is 0 Å². The van der Waals surface area contributed by atoms with Crippen LogP contribution in [0.2, 0.25) is 0 Å². The number of hydrogen-bond acceptors (Lipinski definition) is 0. The van der Waals surface area contributed by atoms with Gasteiger partial charge in [-0.05, 0) is 59.7 Å². The minimum absolute atomic E-state index is 0.483. The van der Waals surface area contributed by atoms with Crippen molar-refractivity contribution in [1.82, 2.24) is 0 Å². The summed E-state index contributed by atoms with van der Waals surface area (Å²) in [6, 6.07) is 24.2. The largest absolute Gasteiger partial charge is 0.0651 e. The van der Waals surface area contributed by atoms with Gasteiger partial charge in [-0.3, -0.25) is 0 Å². The van der Waals surface area contributed by atoms with E-state index in [-0.39, 0.29) is 0 Å². The second kappa shape index (κ2) is 6.90. The van der Waals surface area contributed by atoms with Crippen molar-refractivity contribution in [2.45, 2.75) is 32.1 Å². The first-order valence-electron chi connectivity index (χ1n) is 9.96. The molecule has 0 aliphatic heterocycles. The summed E-state index contributed by atoms with van der Waals surface area (Å²) < 4.78 is 1.21. The Bertz CT molecular complexity index is 1120. The summed E-state index contributed by atoms with van der Waals surface area (Å²) in [5, 5.41) is 0. The topological polar surface area (TPSA) is 0 Å². The molecule has 2 atom stereocenters. The second-order valence-electron chi connectivity index (χ2n) is 8.03. The van der Waals surface area contributed by atoms with Crippen LogP contribution in [0.1, 0.15) is 54.4 Å². The minimum atomic E-state index is 0.483. The van der Waals surface area contributed by atoms with Crippen molar-refractivity contribution in [3.05, 3.63) is 105 Å². The molecule has 3 aromatic rings. The molecule has 0 heterocycles. The van der Waals surface area contributed by atoms with Crippen LogP contribution in [0, 0.1) is 0 Å². The minimum Gasteiger partial charge on any atom is -0.0651 e. The first-order valence-corrected chi connectivity index (χ1v) is 10.8. The van der Waals surface area contributed by atoms with Crippen LogP contribution in [-0.2, 0) is 0 Å². The average Bonchev–Trinajstić information content (AvgIpc) is 3.20. The van der Waals surface area contributed by atoms with Crippen molar-refractivity contribution in [2.75, 3.05) is 0 Å². The maximum atomic E-state index is 3.73. The quantitative estimate of drug-likeness (QED) is 0.395. The Morgan fingerprint density at radius 2 is 1.29 bits per heavy atom. The van der Waals surface area contributed by atoms with Crippen LogP contribution in [-0.4, -0.2) is 0 Å². The summed E-state index contributed by atoms with van der Waals surface area (Å²) in [5.41, 5.74) is 11.3. The Morgan fingerprint density at radius 1 is 0.679 bits per heavy atom. The zero-order chi connectivity index (χ0) is 19.3. The number of allylic oxidation sites excluding steroid dienone is 2. The first-order chi connectivity index (χ1) is 13.6. The third-order valence-corrected chi connectivity index (χ3v) is 7.07. The summed E-state index contributed by atoms with van der Waals surface area (Å²) in [6.07, 6.45) is 5.91. The number of hydrogen-bond donors (Lipinski definition) is 0. The van der Waals surface area contributed by atoms with Crippen molar-refractivity contribution in [3.8, 4) is 11.1 Å². The van der Waals surface area contributed by atoms with Gasteiger partial charge >= 0.3 is 0 Å². The highest BCUT2D eigenvalue weighted by Gasteiger charge is 2.31. The van der Waals surface area contributed by atoms with Crippen molar-refractivity contribution < 1.29 is 0 Å². The van der Waals surface area contributed by atoms with E-state index >= 15 is 0 Å². The standard InChI is InChI=1S/C27H23Br/c1-17-14-25-20(19-8-4-3-5-9-19)10-6-11-21(25)23(17)16-24-18(2)15-26-22(24)12-7-13-27(26)28/h3-15,23-24H,16H2,1-2H3. The van der Waals surface area contributed by atoms with Gasteiger partial charge in [-0.15, -0.1) is 0 Å². The molecule has 0 saturated heterocycles. The van der Waals surface area contributed by atoms with E-state index in [2.05, 4.69) is 109 Å². The van der Waals surface area contributed by atoms with Crippen LogP contribution in [0.15, 0.2) is 82.3 Å². The summed E-state index contributed by atoms with van der Waals surface area (Å²) in [5.74, 6) is 0.976. The maximum absolute atomic E-state index is 3.73. The SMILES string of the molecule is CC1=Cc2c(Br)cccc2C1CC1C(C)=Cc2c(-c3ccccc3)cccc21. The van der Waals surface area contributed by atoms with E-state index in [9.17, 15) is 0 Å². The van der Waals surface area contributed by atoms with Gasteiger partial charge in [-0.25, -0.2) is 0 Å². The predicted molar refractivity (Wildman–Crippen MR) is 123 cm³/mol. The van der Waals surface area contributed by atoms with Gasteiger partial charge in [-0.2, -0.15) is 0 Å². The molecule has 0 N–H and O–H groups in total. The predicted octanol–water partition coefficient (Wildman–Crippen LogP) is 8.21. The Balaban J connectivity index is 1.53. The molecule has 0 spiro atoms. The zero-order valence-corrected chi connectivity index (χ0v) is 17.8. The summed E-state index contributed by atoms with van der Waals surface area (Å²) >= 11 is 3.73. The van der Waals surface area contributed by atoms with Gasteiger partial charge in [0.25, 0.3) is 0 Å². The van der Waals surface area contributed by atoms with E-state index in [4.69, 9.17) is 0 Å². The fourth-order valence-electron chi connectivity index (χ4n) is 4.94. The molecule has 0 nitrogen and oxygen atoms in total. The van der Waals surface area contributed by atoms with E-state index in [1.165, 1.54) is 49.0 Å². The number of fused-ring (bicyclic) bond motifs is 2. The van der Waals surface area contributed by atoms with Crippen molar-refractivity contribution >= 4 is 28.1 Å². The monoisotopic (exact) mass is 426 g/mol. The fraction of sp³-hybridized carbons (Fsp3) is 0.185. The Morgan fingerprint density at radius 3 is 2.00 bits per heavy atom. The Kier molecular flexibility index (Phi) is 4.36. The highest BCUT2D eigenvalue weighted by atomic mass is 79.9. The molecule has 0 amide bonds. The number of rotatable bonds is 3. The first kappa shape index (κ1) is 17.7. The van der Waals surface area contributed by atoms with Gasteiger partial charge in [0.1, 0.15) is 0 Å². The molecule has 1 heteroatoms. The van der Waals surface area contributed by atoms with E-state index in [0.29, 0.717) is 11.8 Å². The van der Waals surface area contributed by atoms with Gasteiger partial charge in [-0.1, -0.05) is 99.9 Å². The normalized spacial score (nSPS) is 19.8. The van der Waals surface area contributed by atoms with Crippen molar-refractivity contribution in [1.29, 1.82) is 0 Å². The molecule has 0 saturated carbocycles. The number of halogens is 1. The lowest BCUT2D eigenvalue weighted by Crippen LogP contribution is -2.06. The maximum Gasteiger partial charge on any atom is 0.0250 e. The highest BCUT2D eigenvalue weighted by molar-refractivity contribution is 9.10. The van der Waals surface area contributed by atoms with Crippen LogP contribution in [0.5, 0.6) is 0 Å². The van der Waals surface area contributed by atoms with Crippen LogP contribution in [0.3, 0.4) is 0 Å². The summed E-state index contributed by atoms with van der Waals surface area (Å²) in [6.45, 7) is 4.58. The fourth-order valence-corrected chi connectivity index (χ4v) is 5.43. The van der Waals surface area contributed by atoms with Crippen LogP contribution >= 0.6 is 15.9 Å². The molecule has 0 aromatic heterocycles. The molecule has 5 rings (SSSR count).